The lowest BCUT2D eigenvalue weighted by molar-refractivity contribution is 0.0937. The van der Waals surface area contributed by atoms with Gasteiger partial charge >= 0.3 is 0 Å². The minimum absolute atomic E-state index is 0.253. The SMILES string of the molecule is COc1cc(C(=O)NC(CN)c2ccccc2)ccc1/C(C=N)=C/N. The molecule has 2 aromatic rings. The van der Waals surface area contributed by atoms with Gasteiger partial charge in [-0.15, -0.1) is 0 Å². The van der Waals surface area contributed by atoms with Crippen LogP contribution in [0.25, 0.3) is 5.57 Å². The molecule has 0 saturated heterocycles. The van der Waals surface area contributed by atoms with Crippen molar-refractivity contribution in [3.05, 3.63) is 71.4 Å². The number of benzene rings is 2. The Bertz CT molecular complexity index is 772. The second-order valence-electron chi connectivity index (χ2n) is 5.35. The third-order valence-corrected chi connectivity index (χ3v) is 3.85. The highest BCUT2D eigenvalue weighted by atomic mass is 16.5. The van der Waals surface area contributed by atoms with Crippen molar-refractivity contribution in [3.8, 4) is 5.75 Å². The summed E-state index contributed by atoms with van der Waals surface area (Å²) in [7, 11) is 1.51. The molecule has 0 heterocycles. The normalized spacial score (nSPS) is 12.3. The lowest BCUT2D eigenvalue weighted by atomic mass is 10.0. The van der Waals surface area contributed by atoms with Gasteiger partial charge in [0.25, 0.3) is 5.91 Å². The smallest absolute Gasteiger partial charge is 0.251 e. The maximum Gasteiger partial charge on any atom is 0.251 e. The summed E-state index contributed by atoms with van der Waals surface area (Å²) in [6, 6.07) is 14.3. The van der Waals surface area contributed by atoms with Gasteiger partial charge in [-0.05, 0) is 23.8 Å². The third kappa shape index (κ3) is 4.24. The number of hydrogen-bond acceptors (Lipinski definition) is 5. The van der Waals surface area contributed by atoms with Gasteiger partial charge in [0.15, 0.2) is 0 Å². The molecular formula is C19H22N4O2. The van der Waals surface area contributed by atoms with Crippen LogP contribution in [0.2, 0.25) is 0 Å². The first kappa shape index (κ1) is 18.2. The van der Waals surface area contributed by atoms with Gasteiger partial charge in [-0.3, -0.25) is 4.79 Å². The van der Waals surface area contributed by atoms with Crippen LogP contribution in [0.5, 0.6) is 5.75 Å². The largest absolute Gasteiger partial charge is 0.496 e. The van der Waals surface area contributed by atoms with Crippen molar-refractivity contribution in [2.75, 3.05) is 13.7 Å². The molecule has 0 fully saturated rings. The maximum atomic E-state index is 12.6. The zero-order valence-corrected chi connectivity index (χ0v) is 14.0. The number of ether oxygens (including phenoxy) is 1. The Morgan fingerprint density at radius 1 is 1.28 bits per heavy atom. The highest BCUT2D eigenvalue weighted by Crippen LogP contribution is 2.26. The number of amides is 1. The first-order chi connectivity index (χ1) is 12.1. The number of methoxy groups -OCH3 is 1. The molecule has 6 N–H and O–H groups in total. The molecule has 0 radical (unpaired) electrons. The molecule has 130 valence electrons. The summed E-state index contributed by atoms with van der Waals surface area (Å²) >= 11 is 0. The number of carbonyl (C=O) groups is 1. The summed E-state index contributed by atoms with van der Waals surface area (Å²) in [4.78, 5) is 12.6. The molecule has 0 bridgehead atoms. The Morgan fingerprint density at radius 3 is 2.56 bits per heavy atom. The number of nitrogens with two attached hydrogens (primary N) is 2. The minimum atomic E-state index is -0.277. The van der Waals surface area contributed by atoms with Gasteiger partial charge in [-0.1, -0.05) is 30.3 Å². The van der Waals surface area contributed by atoms with Gasteiger partial charge < -0.3 is 26.9 Å². The van der Waals surface area contributed by atoms with Crippen LogP contribution in [0.3, 0.4) is 0 Å². The van der Waals surface area contributed by atoms with Crippen molar-refractivity contribution >= 4 is 17.7 Å². The van der Waals surface area contributed by atoms with E-state index < -0.39 is 0 Å². The highest BCUT2D eigenvalue weighted by molar-refractivity contribution is 6.09. The molecular weight excluding hydrogens is 316 g/mol. The Kier molecular flexibility index (Phi) is 6.31. The van der Waals surface area contributed by atoms with Gasteiger partial charge in [-0.25, -0.2) is 0 Å². The Morgan fingerprint density at radius 2 is 2.00 bits per heavy atom. The fraction of sp³-hybridized carbons (Fsp3) is 0.158. The first-order valence-corrected chi connectivity index (χ1v) is 7.81. The van der Waals surface area contributed by atoms with E-state index in [4.69, 9.17) is 21.6 Å². The van der Waals surface area contributed by atoms with Gasteiger partial charge in [0.05, 0.1) is 13.2 Å². The van der Waals surface area contributed by atoms with Crippen LogP contribution in [0.15, 0.2) is 54.7 Å². The fourth-order valence-corrected chi connectivity index (χ4v) is 2.49. The van der Waals surface area contributed by atoms with Gasteiger partial charge in [-0.2, -0.15) is 0 Å². The maximum absolute atomic E-state index is 12.6. The molecule has 6 heteroatoms. The molecule has 0 aliphatic heterocycles. The van der Waals surface area contributed by atoms with Crippen LogP contribution in [0, 0.1) is 5.41 Å². The number of rotatable bonds is 7. The van der Waals surface area contributed by atoms with Gasteiger partial charge in [0.1, 0.15) is 5.75 Å². The third-order valence-electron chi connectivity index (χ3n) is 3.85. The van der Waals surface area contributed by atoms with E-state index in [1.54, 1.807) is 18.2 Å². The molecule has 2 aromatic carbocycles. The van der Waals surface area contributed by atoms with Crippen molar-refractivity contribution in [2.45, 2.75) is 6.04 Å². The minimum Gasteiger partial charge on any atom is -0.496 e. The number of allylic oxidation sites excluding steroid dienone is 1. The second kappa shape index (κ2) is 8.65. The average Bonchev–Trinajstić information content (AvgIpc) is 2.67. The summed E-state index contributed by atoms with van der Waals surface area (Å²) in [6.07, 6.45) is 2.46. The molecule has 2 rings (SSSR count). The number of hydrogen-bond donors (Lipinski definition) is 4. The van der Waals surface area contributed by atoms with E-state index in [0.717, 1.165) is 11.8 Å². The molecule has 6 nitrogen and oxygen atoms in total. The molecule has 1 amide bonds. The van der Waals surface area contributed by atoms with E-state index in [9.17, 15) is 4.79 Å². The summed E-state index contributed by atoms with van der Waals surface area (Å²) in [5.41, 5.74) is 13.9. The van der Waals surface area contributed by atoms with Crippen molar-refractivity contribution in [1.29, 1.82) is 5.41 Å². The second-order valence-corrected chi connectivity index (χ2v) is 5.35. The summed E-state index contributed by atoms with van der Waals surface area (Å²) in [5.74, 6) is 0.217. The molecule has 0 aliphatic rings. The van der Waals surface area contributed by atoms with Crippen LogP contribution >= 0.6 is 0 Å². The zero-order valence-electron chi connectivity index (χ0n) is 14.0. The van der Waals surface area contributed by atoms with Crippen molar-refractivity contribution in [1.82, 2.24) is 5.32 Å². The van der Waals surface area contributed by atoms with E-state index in [0.29, 0.717) is 29.0 Å². The molecule has 0 aliphatic carbocycles. The highest BCUT2D eigenvalue weighted by Gasteiger charge is 2.16. The molecule has 1 unspecified atom stereocenters. The molecule has 0 aromatic heterocycles. The first-order valence-electron chi connectivity index (χ1n) is 7.81. The predicted molar refractivity (Wildman–Crippen MR) is 99.6 cm³/mol. The van der Waals surface area contributed by atoms with Crippen LogP contribution in [-0.2, 0) is 0 Å². The van der Waals surface area contributed by atoms with Crippen LogP contribution in [-0.4, -0.2) is 25.8 Å². The Balaban J connectivity index is 2.26. The number of nitrogens with one attached hydrogen (secondary N) is 2. The topological polar surface area (TPSA) is 114 Å². The fourth-order valence-electron chi connectivity index (χ4n) is 2.49. The molecule has 1 atom stereocenters. The van der Waals surface area contributed by atoms with Crippen molar-refractivity contribution in [3.63, 3.8) is 0 Å². The van der Waals surface area contributed by atoms with E-state index in [-0.39, 0.29) is 11.9 Å². The van der Waals surface area contributed by atoms with Crippen LogP contribution in [0.4, 0.5) is 0 Å². The van der Waals surface area contributed by atoms with Crippen LogP contribution in [0.1, 0.15) is 27.5 Å². The zero-order chi connectivity index (χ0) is 18.2. The quantitative estimate of drug-likeness (QED) is 0.579. The average molecular weight is 338 g/mol. The summed E-state index contributed by atoms with van der Waals surface area (Å²) < 4.78 is 5.33. The summed E-state index contributed by atoms with van der Waals surface area (Å²) in [6.45, 7) is 0.291. The standard InChI is InChI=1S/C19H22N4O2/c1-25-18-9-14(7-8-16(18)15(10-20)11-21)19(24)23-17(12-22)13-5-3-2-4-6-13/h2-11,17,20H,12,21-22H2,1H3,(H,23,24)/b15-11+,20-10?. The van der Waals surface area contributed by atoms with Crippen molar-refractivity contribution < 1.29 is 9.53 Å². The molecule has 0 spiro atoms. The monoisotopic (exact) mass is 338 g/mol. The van der Waals surface area contributed by atoms with Crippen LogP contribution < -0.4 is 21.5 Å². The summed E-state index contributed by atoms with van der Waals surface area (Å²) in [5, 5.41) is 10.3. The number of carbonyl (C=O) groups excluding carboxylic acids is 1. The predicted octanol–water partition coefficient (Wildman–Crippen LogP) is 2.07. The van der Waals surface area contributed by atoms with E-state index in [2.05, 4.69) is 5.32 Å². The molecule has 25 heavy (non-hydrogen) atoms. The van der Waals surface area contributed by atoms with E-state index >= 15 is 0 Å². The van der Waals surface area contributed by atoms with Gasteiger partial charge in [0, 0.05) is 35.7 Å². The van der Waals surface area contributed by atoms with Crippen molar-refractivity contribution in [2.24, 2.45) is 11.5 Å². The lowest BCUT2D eigenvalue weighted by Gasteiger charge is -2.18. The van der Waals surface area contributed by atoms with E-state index in [1.165, 1.54) is 13.3 Å². The molecule has 0 saturated carbocycles. The Hall–Kier alpha value is -3.12. The van der Waals surface area contributed by atoms with E-state index in [1.807, 2.05) is 30.3 Å². The van der Waals surface area contributed by atoms with Gasteiger partial charge in [0.2, 0.25) is 0 Å². The Labute approximate surface area is 147 Å². The lowest BCUT2D eigenvalue weighted by Crippen LogP contribution is -2.33.